The van der Waals surface area contributed by atoms with Gasteiger partial charge < -0.3 is 0 Å². The first-order chi connectivity index (χ1) is 9.75. The van der Waals surface area contributed by atoms with Crippen LogP contribution in [0.15, 0.2) is 18.2 Å². The van der Waals surface area contributed by atoms with E-state index in [1.807, 2.05) is 0 Å². The molecule has 2 rings (SSSR count). The summed E-state index contributed by atoms with van der Waals surface area (Å²) in [5.74, 6) is -12.3. The van der Waals surface area contributed by atoms with E-state index in [-0.39, 0.29) is 5.56 Å². The normalized spacial score (nSPS) is 10.8. The maximum absolute atomic E-state index is 13.6. The van der Waals surface area contributed by atoms with Crippen LogP contribution in [0.3, 0.4) is 0 Å². The number of carbonyl (C=O) groups is 1. The molecule has 0 aliphatic carbocycles. The second-order valence-electron chi connectivity index (χ2n) is 4.24. The number of benzene rings is 2. The zero-order valence-electron chi connectivity index (χ0n) is 10.4. The molecule has 0 bridgehead atoms. The van der Waals surface area contributed by atoms with E-state index >= 15 is 0 Å². The third-order valence-corrected chi connectivity index (χ3v) is 3.28. The molecular weight excluding hydrogens is 315 g/mol. The van der Waals surface area contributed by atoms with E-state index in [0.717, 1.165) is 6.07 Å². The Morgan fingerprint density at radius 2 is 1.38 bits per heavy atom. The van der Waals surface area contributed by atoms with Crippen molar-refractivity contribution in [2.24, 2.45) is 0 Å². The molecule has 0 atom stereocenters. The van der Waals surface area contributed by atoms with Gasteiger partial charge >= 0.3 is 0 Å². The lowest BCUT2D eigenvalue weighted by molar-refractivity contribution is 0.102. The summed E-state index contributed by atoms with van der Waals surface area (Å²) >= 11 is 5.74. The fourth-order valence-electron chi connectivity index (χ4n) is 1.73. The monoisotopic (exact) mass is 320 g/mol. The highest BCUT2D eigenvalue weighted by atomic mass is 35.5. The predicted molar refractivity (Wildman–Crippen MR) is 65.9 cm³/mol. The van der Waals surface area contributed by atoms with Crippen LogP contribution in [0.5, 0.6) is 0 Å². The van der Waals surface area contributed by atoms with Crippen molar-refractivity contribution < 1.29 is 26.7 Å². The molecule has 0 N–H and O–H groups in total. The summed E-state index contributed by atoms with van der Waals surface area (Å²) in [6, 6.07) is 3.62. The van der Waals surface area contributed by atoms with Crippen LogP contribution in [0.2, 0.25) is 5.02 Å². The van der Waals surface area contributed by atoms with Crippen LogP contribution < -0.4 is 0 Å². The molecule has 0 aliphatic rings. The first kappa shape index (κ1) is 15.4. The molecule has 21 heavy (non-hydrogen) atoms. The Hall–Kier alpha value is -1.95. The molecule has 7 heteroatoms. The van der Waals surface area contributed by atoms with E-state index < -0.39 is 40.4 Å². The number of rotatable bonds is 2. The average molecular weight is 321 g/mol. The van der Waals surface area contributed by atoms with Crippen LogP contribution >= 0.6 is 11.6 Å². The van der Waals surface area contributed by atoms with Gasteiger partial charge in [-0.2, -0.15) is 0 Å². The van der Waals surface area contributed by atoms with E-state index in [1.165, 1.54) is 19.1 Å². The van der Waals surface area contributed by atoms with Crippen molar-refractivity contribution in [3.63, 3.8) is 0 Å². The van der Waals surface area contributed by atoms with Crippen LogP contribution in [0.25, 0.3) is 0 Å². The van der Waals surface area contributed by atoms with E-state index in [9.17, 15) is 26.7 Å². The van der Waals surface area contributed by atoms with Gasteiger partial charge in [0.25, 0.3) is 0 Å². The van der Waals surface area contributed by atoms with Gasteiger partial charge in [-0.15, -0.1) is 0 Å². The second-order valence-corrected chi connectivity index (χ2v) is 4.65. The fraction of sp³-hybridized carbons (Fsp3) is 0.0714. The van der Waals surface area contributed by atoms with Gasteiger partial charge in [-0.1, -0.05) is 11.6 Å². The smallest absolute Gasteiger partial charge is 0.200 e. The molecule has 0 unspecified atom stereocenters. The van der Waals surface area contributed by atoms with E-state index in [2.05, 4.69) is 0 Å². The number of halogens is 6. The number of aryl methyl sites for hydroxylation is 1. The summed E-state index contributed by atoms with van der Waals surface area (Å²) in [7, 11) is 0. The Bertz CT molecular complexity index is 729. The van der Waals surface area contributed by atoms with Crippen molar-refractivity contribution in [1.82, 2.24) is 0 Å². The molecule has 0 saturated heterocycles. The van der Waals surface area contributed by atoms with Crippen molar-refractivity contribution in [2.75, 3.05) is 0 Å². The van der Waals surface area contributed by atoms with Gasteiger partial charge in [-0.25, -0.2) is 22.0 Å². The summed E-state index contributed by atoms with van der Waals surface area (Å²) in [6.45, 7) is 1.53. The zero-order valence-corrected chi connectivity index (χ0v) is 11.2. The SMILES string of the molecule is Cc1cc(C(=O)c2c(F)c(F)c(F)c(F)c2F)ccc1Cl. The molecule has 0 heterocycles. The van der Waals surface area contributed by atoms with E-state index in [1.54, 1.807) is 0 Å². The lowest BCUT2D eigenvalue weighted by Gasteiger charge is -2.08. The molecule has 0 fully saturated rings. The molecule has 110 valence electrons. The molecule has 0 spiro atoms. The van der Waals surface area contributed by atoms with Crippen molar-refractivity contribution >= 4 is 17.4 Å². The van der Waals surface area contributed by atoms with E-state index in [0.29, 0.717) is 10.6 Å². The number of ketones is 1. The first-order valence-corrected chi connectivity index (χ1v) is 5.95. The molecule has 2 aromatic carbocycles. The highest BCUT2D eigenvalue weighted by Crippen LogP contribution is 2.26. The third kappa shape index (κ3) is 2.51. The van der Waals surface area contributed by atoms with Crippen LogP contribution in [0.1, 0.15) is 21.5 Å². The summed E-state index contributed by atoms with van der Waals surface area (Å²) < 4.78 is 66.2. The van der Waals surface area contributed by atoms with Gasteiger partial charge in [0, 0.05) is 10.6 Å². The first-order valence-electron chi connectivity index (χ1n) is 5.58. The Morgan fingerprint density at radius 1 is 0.905 bits per heavy atom. The minimum atomic E-state index is -2.31. The molecule has 0 aliphatic heterocycles. The molecule has 0 saturated carbocycles. The number of carbonyl (C=O) groups excluding carboxylic acids is 1. The Kier molecular flexibility index (Phi) is 4.00. The van der Waals surface area contributed by atoms with Crippen LogP contribution in [0.4, 0.5) is 22.0 Å². The molecular formula is C14H6ClF5O. The van der Waals surface area contributed by atoms with E-state index in [4.69, 9.17) is 11.6 Å². The number of hydrogen-bond acceptors (Lipinski definition) is 1. The highest BCUT2D eigenvalue weighted by molar-refractivity contribution is 6.31. The van der Waals surface area contributed by atoms with Gasteiger partial charge in [0.2, 0.25) is 5.82 Å². The van der Waals surface area contributed by atoms with Gasteiger partial charge in [0.15, 0.2) is 29.1 Å². The predicted octanol–water partition coefficient (Wildman–Crippen LogP) is 4.57. The van der Waals surface area contributed by atoms with Crippen molar-refractivity contribution in [1.29, 1.82) is 0 Å². The summed E-state index contributed by atoms with van der Waals surface area (Å²) in [5.41, 5.74) is -1.31. The summed E-state index contributed by atoms with van der Waals surface area (Å²) in [4.78, 5) is 12.0. The maximum Gasteiger partial charge on any atom is 0.200 e. The third-order valence-electron chi connectivity index (χ3n) is 2.86. The Morgan fingerprint density at radius 3 is 1.86 bits per heavy atom. The van der Waals surface area contributed by atoms with Gasteiger partial charge in [-0.05, 0) is 30.7 Å². The minimum Gasteiger partial charge on any atom is -0.288 e. The Labute approximate surface area is 121 Å². The van der Waals surface area contributed by atoms with Crippen molar-refractivity contribution in [2.45, 2.75) is 6.92 Å². The van der Waals surface area contributed by atoms with Crippen molar-refractivity contribution in [3.05, 3.63) is 69.0 Å². The molecule has 1 nitrogen and oxygen atoms in total. The standard InChI is InChI=1S/C14H6ClF5O/c1-5-4-6(2-3-7(5)15)14(21)8-9(16)11(18)13(20)12(19)10(8)17/h2-4H,1H3. The summed E-state index contributed by atoms with van der Waals surface area (Å²) in [6.07, 6.45) is 0. The van der Waals surface area contributed by atoms with Gasteiger partial charge in [-0.3, -0.25) is 4.79 Å². The maximum atomic E-state index is 13.6. The highest BCUT2D eigenvalue weighted by Gasteiger charge is 2.30. The van der Waals surface area contributed by atoms with Crippen LogP contribution in [0, 0.1) is 36.0 Å². The topological polar surface area (TPSA) is 17.1 Å². The molecule has 0 amide bonds. The average Bonchev–Trinajstić information content (AvgIpc) is 2.46. The summed E-state index contributed by atoms with van der Waals surface area (Å²) in [5, 5.41) is 0.295. The van der Waals surface area contributed by atoms with Crippen molar-refractivity contribution in [3.8, 4) is 0 Å². The zero-order chi connectivity index (χ0) is 15.9. The molecule has 2 aromatic rings. The largest absolute Gasteiger partial charge is 0.288 e. The lowest BCUT2D eigenvalue weighted by Crippen LogP contribution is -2.13. The molecule has 0 aromatic heterocycles. The molecule has 0 radical (unpaired) electrons. The van der Waals surface area contributed by atoms with Crippen LogP contribution in [-0.2, 0) is 0 Å². The quantitative estimate of drug-likeness (QED) is 0.343. The van der Waals surface area contributed by atoms with Gasteiger partial charge in [0.05, 0.1) is 0 Å². The van der Waals surface area contributed by atoms with Gasteiger partial charge in [0.1, 0.15) is 5.56 Å². The fourth-order valence-corrected chi connectivity index (χ4v) is 1.85. The number of hydrogen-bond donors (Lipinski definition) is 0. The minimum absolute atomic E-state index is 0.236. The second kappa shape index (κ2) is 5.44. The van der Waals surface area contributed by atoms with Crippen LogP contribution in [-0.4, -0.2) is 5.78 Å². The Balaban J connectivity index is 2.66. The lowest BCUT2D eigenvalue weighted by atomic mass is 10.00.